The van der Waals surface area contributed by atoms with Crippen LogP contribution in [0.3, 0.4) is 0 Å². The van der Waals surface area contributed by atoms with E-state index in [0.717, 1.165) is 6.42 Å². The van der Waals surface area contributed by atoms with Gasteiger partial charge in [0.2, 0.25) is 0 Å². The molecule has 1 saturated heterocycles. The van der Waals surface area contributed by atoms with Crippen molar-refractivity contribution in [1.82, 2.24) is 5.32 Å². The number of para-hydroxylation sites is 1. The lowest BCUT2D eigenvalue weighted by Crippen LogP contribution is -2.20. The first kappa shape index (κ1) is 13.8. The summed E-state index contributed by atoms with van der Waals surface area (Å²) in [5.74, 6) is 1.07. The number of hydrogen-bond donors (Lipinski definition) is 1. The lowest BCUT2D eigenvalue weighted by molar-refractivity contribution is 0.0988. The Bertz CT molecular complexity index is 441. The van der Waals surface area contributed by atoms with Crippen LogP contribution in [0.5, 0.6) is 11.5 Å². The molecule has 0 amide bonds. The fraction of sp³-hybridized carbons (Fsp3) is 0.500. The number of nitrogens with one attached hydrogen (secondary N) is 1. The normalized spacial score (nSPS) is 18.3. The highest BCUT2D eigenvalue weighted by Crippen LogP contribution is 2.32. The highest BCUT2D eigenvalue weighted by Gasteiger charge is 2.21. The van der Waals surface area contributed by atoms with E-state index in [-0.39, 0.29) is 18.4 Å². The molecule has 1 N–H and O–H groups in total. The number of carbonyl (C=O) groups is 1. The first-order valence-corrected chi connectivity index (χ1v) is 6.35. The van der Waals surface area contributed by atoms with Crippen LogP contribution in [0.1, 0.15) is 16.8 Å². The van der Waals surface area contributed by atoms with E-state index < -0.39 is 0 Å². The number of benzene rings is 1. The van der Waals surface area contributed by atoms with E-state index in [1.165, 1.54) is 0 Å². The van der Waals surface area contributed by atoms with Crippen LogP contribution in [0, 0.1) is 0 Å². The largest absolute Gasteiger partial charge is 0.492 e. The Labute approximate surface area is 112 Å². The zero-order valence-corrected chi connectivity index (χ0v) is 11.3. The molecular weight excluding hydrogens is 246 g/mol. The Hall–Kier alpha value is -1.59. The number of ether oxygens (including phenoxy) is 3. The number of likely N-dealkylation sites (N-methyl/N-ethyl adjacent to an activating group) is 1. The molecule has 1 aromatic rings. The predicted molar refractivity (Wildman–Crippen MR) is 71.1 cm³/mol. The molecule has 104 valence electrons. The number of carbonyl (C=O) groups excluding carboxylic acids is 1. The van der Waals surface area contributed by atoms with Gasteiger partial charge in [0.25, 0.3) is 0 Å². The maximum Gasteiger partial charge on any atom is 0.180 e. The SMILES string of the molecule is CNCC(=O)c1cccc(OC2CCOC2)c1OC. The molecule has 2 rings (SSSR count). The molecule has 5 nitrogen and oxygen atoms in total. The van der Waals surface area contributed by atoms with Crippen molar-refractivity contribution in [1.29, 1.82) is 0 Å². The summed E-state index contributed by atoms with van der Waals surface area (Å²) in [6, 6.07) is 5.36. The summed E-state index contributed by atoms with van der Waals surface area (Å²) >= 11 is 0. The van der Waals surface area contributed by atoms with Crippen molar-refractivity contribution in [2.75, 3.05) is 33.9 Å². The Morgan fingerprint density at radius 1 is 1.53 bits per heavy atom. The van der Waals surface area contributed by atoms with Crippen molar-refractivity contribution < 1.29 is 19.0 Å². The first-order valence-electron chi connectivity index (χ1n) is 6.35. The summed E-state index contributed by atoms with van der Waals surface area (Å²) in [7, 11) is 3.28. The molecule has 0 saturated carbocycles. The van der Waals surface area contributed by atoms with E-state index >= 15 is 0 Å². The Kier molecular flexibility index (Phi) is 4.76. The average Bonchev–Trinajstić information content (AvgIpc) is 2.91. The molecule has 1 fully saturated rings. The van der Waals surface area contributed by atoms with Crippen molar-refractivity contribution >= 4 is 5.78 Å². The van der Waals surface area contributed by atoms with Gasteiger partial charge >= 0.3 is 0 Å². The molecule has 1 aromatic carbocycles. The van der Waals surface area contributed by atoms with Crippen LogP contribution in [0.4, 0.5) is 0 Å². The smallest absolute Gasteiger partial charge is 0.180 e. The molecule has 1 unspecified atom stereocenters. The molecule has 1 heterocycles. The number of hydrogen-bond acceptors (Lipinski definition) is 5. The van der Waals surface area contributed by atoms with Gasteiger partial charge in [-0.1, -0.05) is 6.07 Å². The van der Waals surface area contributed by atoms with Gasteiger partial charge in [0.1, 0.15) is 6.10 Å². The number of rotatable bonds is 6. The van der Waals surface area contributed by atoms with Crippen LogP contribution in [0.15, 0.2) is 18.2 Å². The quantitative estimate of drug-likeness (QED) is 0.785. The Balaban J connectivity index is 2.22. The maximum atomic E-state index is 12.0. The molecule has 0 radical (unpaired) electrons. The van der Waals surface area contributed by atoms with E-state index in [9.17, 15) is 4.79 Å². The summed E-state index contributed by atoms with van der Waals surface area (Å²) < 4.78 is 16.5. The van der Waals surface area contributed by atoms with Crippen molar-refractivity contribution in [3.05, 3.63) is 23.8 Å². The van der Waals surface area contributed by atoms with Gasteiger partial charge in [-0.15, -0.1) is 0 Å². The third kappa shape index (κ3) is 3.24. The maximum absolute atomic E-state index is 12.0. The highest BCUT2D eigenvalue weighted by atomic mass is 16.6. The van der Waals surface area contributed by atoms with E-state index in [1.54, 1.807) is 26.3 Å². The summed E-state index contributed by atoms with van der Waals surface area (Å²) in [4.78, 5) is 12.0. The Morgan fingerprint density at radius 3 is 3.00 bits per heavy atom. The lowest BCUT2D eigenvalue weighted by atomic mass is 10.1. The van der Waals surface area contributed by atoms with Crippen molar-refractivity contribution in [2.24, 2.45) is 0 Å². The van der Waals surface area contributed by atoms with Gasteiger partial charge in [-0.3, -0.25) is 4.79 Å². The highest BCUT2D eigenvalue weighted by molar-refractivity contribution is 6.00. The molecule has 1 aliphatic heterocycles. The minimum absolute atomic E-state index is 0.0209. The minimum atomic E-state index is -0.0209. The molecule has 19 heavy (non-hydrogen) atoms. The van der Waals surface area contributed by atoms with Crippen molar-refractivity contribution in [3.63, 3.8) is 0 Å². The second-order valence-corrected chi connectivity index (χ2v) is 4.39. The zero-order valence-electron chi connectivity index (χ0n) is 11.3. The van der Waals surface area contributed by atoms with Gasteiger partial charge in [0.15, 0.2) is 17.3 Å². The molecule has 0 aromatic heterocycles. The summed E-state index contributed by atoms with van der Waals surface area (Å²) in [6.45, 7) is 1.57. The van der Waals surface area contributed by atoms with E-state index in [1.807, 2.05) is 6.07 Å². The topological polar surface area (TPSA) is 56.8 Å². The molecule has 1 aliphatic rings. The van der Waals surface area contributed by atoms with Crippen LogP contribution in [0.25, 0.3) is 0 Å². The van der Waals surface area contributed by atoms with Gasteiger partial charge in [-0.05, 0) is 19.2 Å². The van der Waals surface area contributed by atoms with Crippen LogP contribution < -0.4 is 14.8 Å². The standard InChI is InChI=1S/C14H19NO4/c1-15-8-12(16)11-4-3-5-13(14(11)17-2)19-10-6-7-18-9-10/h3-5,10,15H,6-9H2,1-2H3. The van der Waals surface area contributed by atoms with Crippen LogP contribution in [0.2, 0.25) is 0 Å². The summed E-state index contributed by atoms with van der Waals surface area (Å²) in [6.07, 6.45) is 0.890. The second kappa shape index (κ2) is 6.54. The van der Waals surface area contributed by atoms with Crippen molar-refractivity contribution in [3.8, 4) is 11.5 Å². The van der Waals surface area contributed by atoms with Crippen LogP contribution >= 0.6 is 0 Å². The summed E-state index contributed by atoms with van der Waals surface area (Å²) in [5, 5.41) is 2.84. The fourth-order valence-corrected chi connectivity index (χ4v) is 2.08. The van der Waals surface area contributed by atoms with Gasteiger partial charge in [-0.25, -0.2) is 0 Å². The molecule has 1 atom stereocenters. The number of Topliss-reactive ketones (excluding diaryl/α,β-unsaturated/α-hetero) is 1. The van der Waals surface area contributed by atoms with E-state index in [4.69, 9.17) is 14.2 Å². The lowest BCUT2D eigenvalue weighted by Gasteiger charge is -2.16. The van der Waals surface area contributed by atoms with Gasteiger partial charge < -0.3 is 19.5 Å². The second-order valence-electron chi connectivity index (χ2n) is 4.39. The fourth-order valence-electron chi connectivity index (χ4n) is 2.08. The van der Waals surface area contributed by atoms with Gasteiger partial charge in [0, 0.05) is 6.42 Å². The minimum Gasteiger partial charge on any atom is -0.492 e. The first-order chi connectivity index (χ1) is 9.26. The van der Waals surface area contributed by atoms with Gasteiger partial charge in [0.05, 0.1) is 32.4 Å². The average molecular weight is 265 g/mol. The van der Waals surface area contributed by atoms with Gasteiger partial charge in [-0.2, -0.15) is 0 Å². The summed E-state index contributed by atoms with van der Waals surface area (Å²) in [5.41, 5.74) is 0.535. The van der Waals surface area contributed by atoms with Crippen LogP contribution in [-0.2, 0) is 4.74 Å². The van der Waals surface area contributed by atoms with Crippen molar-refractivity contribution in [2.45, 2.75) is 12.5 Å². The Morgan fingerprint density at radius 2 is 2.37 bits per heavy atom. The monoisotopic (exact) mass is 265 g/mol. The van der Waals surface area contributed by atoms with Crippen LogP contribution in [-0.4, -0.2) is 45.8 Å². The van der Waals surface area contributed by atoms with E-state index in [2.05, 4.69) is 5.32 Å². The molecule has 0 spiro atoms. The molecular formula is C14H19NO4. The number of ketones is 1. The third-order valence-electron chi connectivity index (χ3n) is 3.00. The molecule has 0 aliphatic carbocycles. The zero-order chi connectivity index (χ0) is 13.7. The number of methoxy groups -OCH3 is 1. The third-order valence-corrected chi connectivity index (χ3v) is 3.00. The predicted octanol–water partition coefficient (Wildman–Crippen LogP) is 1.27. The molecule has 5 heteroatoms. The molecule has 0 bridgehead atoms. The van der Waals surface area contributed by atoms with E-state index in [0.29, 0.717) is 30.3 Å².